The van der Waals surface area contributed by atoms with Gasteiger partial charge in [0.2, 0.25) is 0 Å². The number of fused-ring (bicyclic) bond motifs is 2. The molecule has 0 bridgehead atoms. The van der Waals surface area contributed by atoms with E-state index < -0.39 is 5.37 Å². The summed E-state index contributed by atoms with van der Waals surface area (Å²) >= 11 is 5.78. The zero-order valence-corrected chi connectivity index (χ0v) is 11.8. The summed E-state index contributed by atoms with van der Waals surface area (Å²) in [4.78, 5) is 17.6. The lowest BCUT2D eigenvalue weighted by atomic mass is 10.1. The number of benzene rings is 1. The Kier molecular flexibility index (Phi) is 3.32. The van der Waals surface area contributed by atoms with Gasteiger partial charge in [-0.2, -0.15) is 0 Å². The van der Waals surface area contributed by atoms with E-state index in [0.29, 0.717) is 12.4 Å². The number of aromatic nitrogens is 1. The van der Waals surface area contributed by atoms with E-state index in [-0.39, 0.29) is 0 Å². The number of pyridine rings is 1. The molecule has 0 unspecified atom stereocenters. The maximum Gasteiger partial charge on any atom is 0.326 e. The van der Waals surface area contributed by atoms with Crippen LogP contribution in [0.5, 0.6) is 0 Å². The molecule has 102 valence electrons. The van der Waals surface area contributed by atoms with Crippen molar-refractivity contribution in [2.45, 2.75) is 19.9 Å². The van der Waals surface area contributed by atoms with Crippen molar-refractivity contribution in [1.82, 2.24) is 4.98 Å². The molecule has 0 fully saturated rings. The molecule has 0 saturated carbocycles. The number of rotatable bonds is 1. The number of carbonyl (C=O) groups excluding carboxylic acids is 1. The quantitative estimate of drug-likeness (QED) is 0.635. The monoisotopic (exact) mass is 287 g/mol. The highest BCUT2D eigenvalue weighted by molar-refractivity contribution is 6.67. The number of hydrogen-bond donors (Lipinski definition) is 1. The molecule has 0 radical (unpaired) electrons. The Morgan fingerprint density at radius 1 is 1.45 bits per heavy atom. The molecule has 5 heteroatoms. The summed E-state index contributed by atoms with van der Waals surface area (Å²) in [5.41, 5.74) is 3.85. The van der Waals surface area contributed by atoms with Crippen molar-refractivity contribution >= 4 is 34.2 Å². The van der Waals surface area contributed by atoms with Crippen molar-refractivity contribution in [2.24, 2.45) is 0 Å². The summed E-state index contributed by atoms with van der Waals surface area (Å²) in [6.07, 6.45) is 2.60. The van der Waals surface area contributed by atoms with E-state index in [1.165, 1.54) is 10.5 Å². The third-order valence-corrected chi connectivity index (χ3v) is 3.61. The molecule has 1 N–H and O–H groups in total. The molecule has 1 aromatic carbocycles. The lowest BCUT2D eigenvalue weighted by molar-refractivity contribution is 0.266. The SMILES string of the molecule is CCc1ccc2c(c1)CNc1cccnc1N2C(=O)Cl. The van der Waals surface area contributed by atoms with Crippen LogP contribution in [0.15, 0.2) is 36.5 Å². The van der Waals surface area contributed by atoms with Crippen molar-refractivity contribution in [1.29, 1.82) is 0 Å². The van der Waals surface area contributed by atoms with Crippen molar-refractivity contribution in [2.75, 3.05) is 10.2 Å². The predicted molar refractivity (Wildman–Crippen MR) is 80.8 cm³/mol. The third kappa shape index (κ3) is 2.12. The highest BCUT2D eigenvalue weighted by Crippen LogP contribution is 2.37. The molecular weight excluding hydrogens is 274 g/mol. The van der Waals surface area contributed by atoms with Crippen LogP contribution in [-0.4, -0.2) is 10.4 Å². The summed E-state index contributed by atoms with van der Waals surface area (Å²) in [7, 11) is 0. The summed E-state index contributed by atoms with van der Waals surface area (Å²) in [6.45, 7) is 2.75. The molecule has 0 saturated heterocycles. The first-order chi connectivity index (χ1) is 9.70. The molecule has 0 atom stereocenters. The molecule has 0 aliphatic carbocycles. The Labute approximate surface area is 122 Å². The molecule has 1 aromatic heterocycles. The van der Waals surface area contributed by atoms with E-state index in [4.69, 9.17) is 11.6 Å². The second-order valence-corrected chi connectivity index (χ2v) is 4.96. The molecule has 1 aliphatic rings. The van der Waals surface area contributed by atoms with Crippen LogP contribution < -0.4 is 10.2 Å². The molecule has 0 spiro atoms. The van der Waals surface area contributed by atoms with Gasteiger partial charge in [0, 0.05) is 12.7 Å². The number of hydrogen-bond acceptors (Lipinski definition) is 3. The van der Waals surface area contributed by atoms with Gasteiger partial charge in [-0.15, -0.1) is 0 Å². The molecule has 2 heterocycles. The van der Waals surface area contributed by atoms with Crippen molar-refractivity contribution in [3.63, 3.8) is 0 Å². The number of halogens is 1. The summed E-state index contributed by atoms with van der Waals surface area (Å²) in [6, 6.07) is 9.76. The van der Waals surface area contributed by atoms with Gasteiger partial charge in [-0.05, 0) is 47.3 Å². The predicted octanol–water partition coefficient (Wildman–Crippen LogP) is 4.07. The van der Waals surface area contributed by atoms with E-state index in [1.54, 1.807) is 6.20 Å². The van der Waals surface area contributed by atoms with E-state index in [0.717, 1.165) is 23.4 Å². The van der Waals surface area contributed by atoms with Gasteiger partial charge in [0.05, 0.1) is 11.4 Å². The Balaban J connectivity index is 2.19. The van der Waals surface area contributed by atoms with E-state index in [1.807, 2.05) is 24.3 Å². The van der Waals surface area contributed by atoms with Gasteiger partial charge in [0.1, 0.15) is 0 Å². The van der Waals surface area contributed by atoms with E-state index in [9.17, 15) is 4.79 Å². The minimum absolute atomic E-state index is 0.537. The maximum atomic E-state index is 11.9. The number of nitrogens with zero attached hydrogens (tertiary/aromatic N) is 2. The van der Waals surface area contributed by atoms with Crippen molar-refractivity contribution < 1.29 is 4.79 Å². The first-order valence-corrected chi connectivity index (χ1v) is 6.88. The minimum atomic E-state index is -0.556. The largest absolute Gasteiger partial charge is 0.378 e. The van der Waals surface area contributed by atoms with Crippen LogP contribution in [0, 0.1) is 0 Å². The molecular formula is C15H14ClN3O. The second kappa shape index (κ2) is 5.13. The number of amides is 1. The van der Waals surface area contributed by atoms with Gasteiger partial charge >= 0.3 is 5.37 Å². The minimum Gasteiger partial charge on any atom is -0.378 e. The van der Waals surface area contributed by atoms with Gasteiger partial charge < -0.3 is 5.32 Å². The fourth-order valence-corrected chi connectivity index (χ4v) is 2.59. The van der Waals surface area contributed by atoms with Crippen LogP contribution in [0.3, 0.4) is 0 Å². The Morgan fingerprint density at radius 3 is 3.05 bits per heavy atom. The van der Waals surface area contributed by atoms with Gasteiger partial charge in [0.25, 0.3) is 0 Å². The van der Waals surface area contributed by atoms with Crippen LogP contribution >= 0.6 is 11.6 Å². The zero-order chi connectivity index (χ0) is 14.1. The standard InChI is InChI=1S/C15H14ClN3O/c1-2-10-5-6-13-11(8-10)9-18-12-4-3-7-17-14(12)19(13)15(16)20/h3-8,18H,2,9H2,1H3. The number of carbonyl (C=O) groups is 1. The summed E-state index contributed by atoms with van der Waals surface area (Å²) < 4.78 is 0. The van der Waals surface area contributed by atoms with Gasteiger partial charge in [-0.1, -0.05) is 19.1 Å². The smallest absolute Gasteiger partial charge is 0.326 e. The topological polar surface area (TPSA) is 45.2 Å². The maximum absolute atomic E-state index is 11.9. The number of anilines is 3. The Bertz CT molecular complexity index is 672. The van der Waals surface area contributed by atoms with E-state index >= 15 is 0 Å². The summed E-state index contributed by atoms with van der Waals surface area (Å²) in [5, 5.41) is 2.75. The number of aryl methyl sites for hydroxylation is 1. The Morgan fingerprint density at radius 2 is 2.30 bits per heavy atom. The second-order valence-electron chi connectivity index (χ2n) is 4.63. The van der Waals surface area contributed by atoms with Gasteiger partial charge in [-0.25, -0.2) is 9.88 Å². The van der Waals surface area contributed by atoms with Gasteiger partial charge in [-0.3, -0.25) is 4.79 Å². The van der Waals surface area contributed by atoms with Crippen LogP contribution in [0.1, 0.15) is 18.1 Å². The molecule has 20 heavy (non-hydrogen) atoms. The van der Waals surface area contributed by atoms with Gasteiger partial charge in [0.15, 0.2) is 5.82 Å². The average molecular weight is 288 g/mol. The fourth-order valence-electron chi connectivity index (χ4n) is 2.41. The highest BCUT2D eigenvalue weighted by Gasteiger charge is 2.25. The Hall–Kier alpha value is -2.07. The number of nitrogens with one attached hydrogen (secondary N) is 1. The molecule has 1 amide bonds. The lowest BCUT2D eigenvalue weighted by Crippen LogP contribution is -2.21. The van der Waals surface area contributed by atoms with Crippen molar-refractivity contribution in [3.8, 4) is 0 Å². The first kappa shape index (κ1) is 12.9. The first-order valence-electron chi connectivity index (χ1n) is 6.51. The lowest BCUT2D eigenvalue weighted by Gasteiger charge is -2.20. The van der Waals surface area contributed by atoms with Crippen LogP contribution in [0.4, 0.5) is 22.0 Å². The highest BCUT2D eigenvalue weighted by atomic mass is 35.5. The zero-order valence-electron chi connectivity index (χ0n) is 11.1. The van der Waals surface area contributed by atoms with Crippen LogP contribution in [0.2, 0.25) is 0 Å². The fraction of sp³-hybridized carbons (Fsp3) is 0.200. The van der Waals surface area contributed by atoms with Crippen LogP contribution in [0.25, 0.3) is 0 Å². The molecule has 2 aromatic rings. The van der Waals surface area contributed by atoms with E-state index in [2.05, 4.69) is 23.3 Å². The molecule has 4 nitrogen and oxygen atoms in total. The molecule has 1 aliphatic heterocycles. The average Bonchev–Trinajstić information content (AvgIpc) is 2.63. The molecule has 3 rings (SSSR count). The summed E-state index contributed by atoms with van der Waals surface area (Å²) in [5.74, 6) is 0.537. The third-order valence-electron chi connectivity index (χ3n) is 3.44. The van der Waals surface area contributed by atoms with Crippen LogP contribution in [-0.2, 0) is 13.0 Å². The van der Waals surface area contributed by atoms with Crippen molar-refractivity contribution in [3.05, 3.63) is 47.7 Å². The normalized spacial score (nSPS) is 13.0.